The van der Waals surface area contributed by atoms with Crippen molar-refractivity contribution in [2.45, 2.75) is 88.8 Å². The van der Waals surface area contributed by atoms with Crippen LogP contribution in [0.3, 0.4) is 0 Å². The number of hydrogen-bond acceptors (Lipinski definition) is 6. The lowest BCUT2D eigenvalue weighted by Gasteiger charge is -2.29. The highest BCUT2D eigenvalue weighted by molar-refractivity contribution is 5.42. The van der Waals surface area contributed by atoms with Gasteiger partial charge in [0, 0.05) is 18.1 Å². The van der Waals surface area contributed by atoms with Crippen molar-refractivity contribution < 1.29 is 20.1 Å². The van der Waals surface area contributed by atoms with E-state index in [9.17, 15) is 15.3 Å². The molecule has 5 rings (SSSR count). The minimum Gasteiger partial charge on any atom is -0.504 e. The summed E-state index contributed by atoms with van der Waals surface area (Å²) in [4.78, 5) is 7.40. The summed E-state index contributed by atoms with van der Waals surface area (Å²) < 4.78 is 6.07. The molecule has 6 atom stereocenters. The van der Waals surface area contributed by atoms with Gasteiger partial charge >= 0.3 is 0 Å². The lowest BCUT2D eigenvalue weighted by molar-refractivity contribution is 0.0321. The van der Waals surface area contributed by atoms with Crippen LogP contribution in [-0.4, -0.2) is 44.1 Å². The van der Waals surface area contributed by atoms with Crippen molar-refractivity contribution in [2.75, 3.05) is 12.3 Å². The van der Waals surface area contributed by atoms with Crippen LogP contribution in [0.4, 0.5) is 5.82 Å². The standard InChI is InChI=1S/C35H47N3O4/c36-35-22-27(14-17-38-35)28(21-30-9-4-16-37-30)15-18-42-34-19-24(11-13-32(34)40)10-12-31(39)23-33(41)29-8-3-7-25-5-1-2-6-26(25)20-29/h2,4,6,9,11,13-14,16-17,19,22,25-26,28-29,31,33,37,39-41H,1,3,5,7-8,10,12,15,18,20-21,23H2,(H2,36,38). The monoisotopic (exact) mass is 573 g/mol. The molecule has 1 fully saturated rings. The van der Waals surface area contributed by atoms with Gasteiger partial charge in [0.25, 0.3) is 0 Å². The van der Waals surface area contributed by atoms with E-state index in [-0.39, 0.29) is 17.6 Å². The SMILES string of the molecule is Nc1cc(C(CCOc2cc(CCC(O)CC(O)C3CCCC4CCC=CC4C3)ccc2O)Cc2ccc[nH]2)ccn1. The summed E-state index contributed by atoms with van der Waals surface area (Å²) in [5.74, 6) is 2.83. The van der Waals surface area contributed by atoms with Gasteiger partial charge in [-0.3, -0.25) is 0 Å². The molecule has 6 unspecified atom stereocenters. The molecule has 3 aromatic rings. The van der Waals surface area contributed by atoms with Gasteiger partial charge in [0.15, 0.2) is 11.5 Å². The fraction of sp³-hybridized carbons (Fsp3) is 0.514. The van der Waals surface area contributed by atoms with Crippen LogP contribution in [0.25, 0.3) is 0 Å². The van der Waals surface area contributed by atoms with E-state index in [4.69, 9.17) is 10.5 Å². The first-order valence-electron chi connectivity index (χ1n) is 15.8. The van der Waals surface area contributed by atoms with Crippen molar-refractivity contribution in [3.05, 3.63) is 83.8 Å². The van der Waals surface area contributed by atoms with Gasteiger partial charge in [-0.15, -0.1) is 0 Å². The maximum Gasteiger partial charge on any atom is 0.161 e. The van der Waals surface area contributed by atoms with Crippen molar-refractivity contribution >= 4 is 5.82 Å². The van der Waals surface area contributed by atoms with Crippen LogP contribution in [0.15, 0.2) is 67.0 Å². The second kappa shape index (κ2) is 14.7. The number of pyridine rings is 1. The molecular weight excluding hydrogens is 526 g/mol. The number of ether oxygens (including phenoxy) is 1. The lowest BCUT2D eigenvalue weighted by atomic mass is 9.78. The highest BCUT2D eigenvalue weighted by Gasteiger charge is 2.31. The fourth-order valence-corrected chi connectivity index (χ4v) is 6.97. The summed E-state index contributed by atoms with van der Waals surface area (Å²) in [6.07, 6.45) is 17.4. The van der Waals surface area contributed by atoms with Crippen molar-refractivity contribution in [1.82, 2.24) is 9.97 Å². The molecule has 0 saturated heterocycles. The molecule has 0 spiro atoms. The number of phenols is 1. The Kier molecular flexibility index (Phi) is 10.6. The van der Waals surface area contributed by atoms with E-state index >= 15 is 0 Å². The number of fused-ring (bicyclic) bond motifs is 1. The molecule has 1 aromatic carbocycles. The molecule has 42 heavy (non-hydrogen) atoms. The maximum atomic E-state index is 11.0. The number of nitrogens with two attached hydrogens (primary N) is 1. The zero-order valence-corrected chi connectivity index (χ0v) is 24.6. The summed E-state index contributed by atoms with van der Waals surface area (Å²) in [5.41, 5.74) is 9.19. The lowest BCUT2D eigenvalue weighted by Crippen LogP contribution is -2.28. The zero-order valence-electron chi connectivity index (χ0n) is 24.6. The molecule has 1 saturated carbocycles. The Morgan fingerprint density at radius 3 is 2.81 bits per heavy atom. The molecule has 0 radical (unpaired) electrons. The predicted molar refractivity (Wildman–Crippen MR) is 166 cm³/mol. The first-order chi connectivity index (χ1) is 20.4. The third-order valence-corrected chi connectivity index (χ3v) is 9.39. The second-order valence-electron chi connectivity index (χ2n) is 12.4. The number of nitrogen functional groups attached to an aromatic ring is 1. The molecule has 7 heteroatoms. The van der Waals surface area contributed by atoms with Crippen molar-refractivity contribution in [2.24, 2.45) is 17.8 Å². The van der Waals surface area contributed by atoms with E-state index in [1.807, 2.05) is 36.5 Å². The Morgan fingerprint density at radius 1 is 1.07 bits per heavy atom. The van der Waals surface area contributed by atoms with Gasteiger partial charge in [0.1, 0.15) is 5.82 Å². The third kappa shape index (κ3) is 8.39. The summed E-state index contributed by atoms with van der Waals surface area (Å²) in [6, 6.07) is 13.4. The van der Waals surface area contributed by atoms with Crippen LogP contribution >= 0.6 is 0 Å². The Balaban J connectivity index is 1.12. The average molecular weight is 574 g/mol. The molecule has 2 heterocycles. The molecular formula is C35H47N3O4. The molecule has 2 aliphatic carbocycles. The van der Waals surface area contributed by atoms with Crippen LogP contribution < -0.4 is 10.5 Å². The van der Waals surface area contributed by atoms with E-state index in [2.05, 4.69) is 28.2 Å². The van der Waals surface area contributed by atoms with Crippen LogP contribution in [0, 0.1) is 17.8 Å². The number of nitrogens with zero attached hydrogens (tertiary/aromatic N) is 1. The number of aromatic amines is 1. The zero-order chi connectivity index (χ0) is 29.3. The predicted octanol–water partition coefficient (Wildman–Crippen LogP) is 6.31. The number of aliphatic hydroxyl groups excluding tert-OH is 2. The molecule has 6 N–H and O–H groups in total. The molecule has 2 aromatic heterocycles. The minimum absolute atomic E-state index is 0.104. The van der Waals surface area contributed by atoms with Gasteiger partial charge in [-0.1, -0.05) is 24.6 Å². The molecule has 2 aliphatic rings. The normalized spacial score (nSPS) is 22.6. The van der Waals surface area contributed by atoms with Gasteiger partial charge in [0.2, 0.25) is 0 Å². The van der Waals surface area contributed by atoms with Gasteiger partial charge < -0.3 is 30.8 Å². The van der Waals surface area contributed by atoms with Crippen LogP contribution in [-0.2, 0) is 12.8 Å². The Morgan fingerprint density at radius 2 is 1.98 bits per heavy atom. The molecule has 226 valence electrons. The number of hydrogen-bond donors (Lipinski definition) is 5. The third-order valence-electron chi connectivity index (χ3n) is 9.39. The van der Waals surface area contributed by atoms with E-state index in [1.54, 1.807) is 12.3 Å². The number of aliphatic hydroxyl groups is 2. The summed E-state index contributed by atoms with van der Waals surface area (Å²) in [5, 5.41) is 32.3. The fourth-order valence-electron chi connectivity index (χ4n) is 6.97. The smallest absolute Gasteiger partial charge is 0.161 e. The highest BCUT2D eigenvalue weighted by atomic mass is 16.5. The van der Waals surface area contributed by atoms with Gasteiger partial charge in [-0.25, -0.2) is 4.98 Å². The first kappa shape index (κ1) is 30.2. The van der Waals surface area contributed by atoms with E-state index < -0.39 is 12.2 Å². The number of rotatable bonds is 13. The quantitative estimate of drug-likeness (QED) is 0.153. The number of aryl methyl sites for hydroxylation is 1. The average Bonchev–Trinajstić information content (AvgIpc) is 3.40. The van der Waals surface area contributed by atoms with Gasteiger partial charge in [-0.2, -0.15) is 0 Å². The maximum absolute atomic E-state index is 11.0. The first-order valence-corrected chi connectivity index (χ1v) is 15.8. The van der Waals surface area contributed by atoms with E-state index in [0.717, 1.165) is 48.4 Å². The van der Waals surface area contributed by atoms with E-state index in [0.29, 0.717) is 43.4 Å². The van der Waals surface area contributed by atoms with Crippen molar-refractivity contribution in [1.29, 1.82) is 0 Å². The van der Waals surface area contributed by atoms with Crippen LogP contribution in [0.5, 0.6) is 11.5 Å². The van der Waals surface area contributed by atoms with Crippen molar-refractivity contribution in [3.63, 3.8) is 0 Å². The topological polar surface area (TPSA) is 125 Å². The number of phenolic OH excluding ortho intramolecular Hbond substituents is 1. The number of nitrogens with one attached hydrogen (secondary N) is 1. The molecule has 0 bridgehead atoms. The number of H-pyrrole nitrogens is 1. The van der Waals surface area contributed by atoms with Gasteiger partial charge in [0.05, 0.1) is 18.8 Å². The van der Waals surface area contributed by atoms with Crippen LogP contribution in [0.2, 0.25) is 0 Å². The molecule has 7 nitrogen and oxygen atoms in total. The Labute approximate surface area is 249 Å². The largest absolute Gasteiger partial charge is 0.504 e. The number of allylic oxidation sites excluding steroid dienone is 2. The second-order valence-corrected chi connectivity index (χ2v) is 12.4. The number of aromatic nitrogens is 2. The Bertz CT molecular complexity index is 1280. The van der Waals surface area contributed by atoms with Gasteiger partial charge in [-0.05, 0) is 135 Å². The van der Waals surface area contributed by atoms with Crippen molar-refractivity contribution in [3.8, 4) is 11.5 Å². The summed E-state index contributed by atoms with van der Waals surface area (Å²) in [6.45, 7) is 0.428. The number of benzene rings is 1. The van der Waals surface area contributed by atoms with E-state index in [1.165, 1.54) is 25.7 Å². The highest BCUT2D eigenvalue weighted by Crippen LogP contribution is 2.40. The summed E-state index contributed by atoms with van der Waals surface area (Å²) in [7, 11) is 0. The minimum atomic E-state index is -0.569. The molecule has 0 aliphatic heterocycles. The molecule has 0 amide bonds. The Hall–Kier alpha value is -3.29. The summed E-state index contributed by atoms with van der Waals surface area (Å²) >= 11 is 0. The number of anilines is 1. The number of aromatic hydroxyl groups is 1. The van der Waals surface area contributed by atoms with Crippen LogP contribution in [0.1, 0.15) is 80.5 Å².